The number of amides is 1. The van der Waals surface area contributed by atoms with E-state index in [2.05, 4.69) is 5.32 Å². The highest BCUT2D eigenvalue weighted by Crippen LogP contribution is 2.25. The molecule has 0 saturated heterocycles. The Kier molecular flexibility index (Phi) is 4.30. The van der Waals surface area contributed by atoms with Crippen molar-refractivity contribution in [3.63, 3.8) is 0 Å². The Morgan fingerprint density at radius 2 is 1.86 bits per heavy atom. The lowest BCUT2D eigenvalue weighted by atomic mass is 10.1. The lowest BCUT2D eigenvalue weighted by Crippen LogP contribution is -2.17. The van der Waals surface area contributed by atoms with Crippen LogP contribution in [0, 0.1) is 0 Å². The molecule has 0 spiro atoms. The molecule has 0 aliphatic heterocycles. The van der Waals surface area contributed by atoms with Gasteiger partial charge in [-0.1, -0.05) is 23.8 Å². The second-order valence-electron chi connectivity index (χ2n) is 4.21. The maximum absolute atomic E-state index is 12.2. The molecule has 21 heavy (non-hydrogen) atoms. The normalized spacial score (nSPS) is 10.1. The van der Waals surface area contributed by atoms with Crippen LogP contribution < -0.4 is 11.1 Å². The van der Waals surface area contributed by atoms with Gasteiger partial charge in [-0.05, 0) is 36.4 Å². The smallest absolute Gasteiger partial charge is 0.259 e. The van der Waals surface area contributed by atoms with Gasteiger partial charge in [0.25, 0.3) is 5.91 Å². The minimum absolute atomic E-state index is 0.0798. The number of anilines is 1. The van der Waals surface area contributed by atoms with Crippen molar-refractivity contribution in [1.82, 2.24) is 0 Å². The van der Waals surface area contributed by atoms with Gasteiger partial charge in [0, 0.05) is 10.6 Å². The zero-order valence-corrected chi connectivity index (χ0v) is 12.2. The van der Waals surface area contributed by atoms with E-state index in [1.54, 1.807) is 12.1 Å². The van der Waals surface area contributed by atoms with Crippen molar-refractivity contribution in [2.45, 2.75) is 0 Å². The Morgan fingerprint density at radius 3 is 2.52 bits per heavy atom. The van der Waals surface area contributed by atoms with Crippen LogP contribution in [0.1, 0.15) is 15.9 Å². The van der Waals surface area contributed by atoms with Crippen molar-refractivity contribution in [2.75, 3.05) is 5.32 Å². The molecule has 0 aliphatic rings. The summed E-state index contributed by atoms with van der Waals surface area (Å²) in [6, 6.07) is 8.31. The molecule has 0 heterocycles. The van der Waals surface area contributed by atoms with Crippen LogP contribution in [-0.2, 0) is 0 Å². The highest BCUT2D eigenvalue weighted by Gasteiger charge is 2.15. The fraction of sp³-hybridized carbons (Fsp3) is 0. The number of phenolic OH excluding ortho intramolecular Hbond substituents is 2. The second kappa shape index (κ2) is 5.99. The number of carbonyl (C=O) groups is 1. The van der Waals surface area contributed by atoms with Gasteiger partial charge in [0.2, 0.25) is 0 Å². The summed E-state index contributed by atoms with van der Waals surface area (Å²) in [5.41, 5.74) is 6.27. The molecule has 0 unspecified atom stereocenters. The predicted molar refractivity (Wildman–Crippen MR) is 85.1 cm³/mol. The van der Waals surface area contributed by atoms with Crippen molar-refractivity contribution in [1.29, 1.82) is 0 Å². The quantitative estimate of drug-likeness (QED) is 0.514. The van der Waals surface area contributed by atoms with E-state index in [0.29, 0.717) is 16.3 Å². The number of carbonyl (C=O) groups excluding carboxylic acids is 1. The number of rotatable bonds is 3. The number of nitrogens with two attached hydrogens (primary N) is 1. The first-order chi connectivity index (χ1) is 9.88. The number of phenols is 2. The molecule has 0 atom stereocenters. The summed E-state index contributed by atoms with van der Waals surface area (Å²) in [7, 11) is 0. The fourth-order valence-electron chi connectivity index (χ4n) is 1.73. The molecule has 1 amide bonds. The van der Waals surface area contributed by atoms with Crippen LogP contribution in [0.25, 0.3) is 0 Å². The van der Waals surface area contributed by atoms with Gasteiger partial charge in [-0.2, -0.15) is 0 Å². The maximum atomic E-state index is 12.2. The number of nitrogens with one attached hydrogen (secondary N) is 1. The van der Waals surface area contributed by atoms with Gasteiger partial charge >= 0.3 is 0 Å². The van der Waals surface area contributed by atoms with E-state index < -0.39 is 5.91 Å². The number of thiocarbonyl (C=S) groups is 1. The Balaban J connectivity index is 2.38. The summed E-state index contributed by atoms with van der Waals surface area (Å²) in [6.45, 7) is 0. The van der Waals surface area contributed by atoms with Crippen molar-refractivity contribution in [2.24, 2.45) is 5.73 Å². The zero-order valence-electron chi connectivity index (χ0n) is 10.6. The predicted octanol–water partition coefficient (Wildman–Crippen LogP) is 2.64. The third kappa shape index (κ3) is 3.42. The summed E-state index contributed by atoms with van der Waals surface area (Å²) in [5, 5.41) is 22.0. The van der Waals surface area contributed by atoms with E-state index in [-0.39, 0.29) is 22.1 Å². The molecule has 0 fully saturated rings. The third-order valence-electron chi connectivity index (χ3n) is 2.72. The summed E-state index contributed by atoms with van der Waals surface area (Å²) < 4.78 is 0. The highest BCUT2D eigenvalue weighted by atomic mass is 35.5. The summed E-state index contributed by atoms with van der Waals surface area (Å²) in [5.74, 6) is -1.02. The first kappa shape index (κ1) is 15.1. The Labute approximate surface area is 131 Å². The molecule has 108 valence electrons. The SMILES string of the molecule is NC(=S)c1ccc(Cl)cc1NC(=O)c1cc(O)ccc1O. The average molecular weight is 323 g/mol. The van der Waals surface area contributed by atoms with Crippen molar-refractivity contribution >= 4 is 40.4 Å². The van der Waals surface area contributed by atoms with E-state index in [9.17, 15) is 15.0 Å². The van der Waals surface area contributed by atoms with E-state index in [1.165, 1.54) is 18.2 Å². The van der Waals surface area contributed by atoms with E-state index in [1.807, 2.05) is 0 Å². The number of benzene rings is 2. The molecule has 7 heteroatoms. The molecule has 0 saturated carbocycles. The molecule has 2 aromatic carbocycles. The first-order valence-corrected chi connectivity index (χ1v) is 6.60. The molecule has 0 radical (unpaired) electrons. The van der Waals surface area contributed by atoms with Crippen LogP contribution in [0.5, 0.6) is 11.5 Å². The van der Waals surface area contributed by atoms with Crippen LogP contribution in [0.15, 0.2) is 36.4 Å². The maximum Gasteiger partial charge on any atom is 0.259 e. The molecule has 2 aromatic rings. The van der Waals surface area contributed by atoms with Gasteiger partial charge in [0.1, 0.15) is 16.5 Å². The fourth-order valence-corrected chi connectivity index (χ4v) is 2.08. The number of hydrogen-bond donors (Lipinski definition) is 4. The Bertz CT molecular complexity index is 734. The number of aromatic hydroxyl groups is 2. The third-order valence-corrected chi connectivity index (χ3v) is 3.18. The summed E-state index contributed by atoms with van der Waals surface area (Å²) >= 11 is 10.8. The second-order valence-corrected chi connectivity index (χ2v) is 5.09. The van der Waals surface area contributed by atoms with Crippen LogP contribution in [0.3, 0.4) is 0 Å². The van der Waals surface area contributed by atoms with Crippen LogP contribution in [0.2, 0.25) is 5.02 Å². The monoisotopic (exact) mass is 322 g/mol. The Morgan fingerprint density at radius 1 is 1.14 bits per heavy atom. The van der Waals surface area contributed by atoms with Crippen LogP contribution in [-0.4, -0.2) is 21.1 Å². The summed E-state index contributed by atoms with van der Waals surface area (Å²) in [4.78, 5) is 12.3. The van der Waals surface area contributed by atoms with Gasteiger partial charge in [0.05, 0.1) is 11.3 Å². The van der Waals surface area contributed by atoms with E-state index in [0.717, 1.165) is 6.07 Å². The molecular weight excluding hydrogens is 312 g/mol. The molecule has 5 N–H and O–H groups in total. The minimum atomic E-state index is -0.622. The van der Waals surface area contributed by atoms with Crippen molar-refractivity contribution < 1.29 is 15.0 Å². The topological polar surface area (TPSA) is 95.6 Å². The van der Waals surface area contributed by atoms with Gasteiger partial charge in [-0.15, -0.1) is 0 Å². The Hall–Kier alpha value is -2.31. The van der Waals surface area contributed by atoms with E-state index in [4.69, 9.17) is 29.6 Å². The largest absolute Gasteiger partial charge is 0.508 e. The zero-order chi connectivity index (χ0) is 15.6. The van der Waals surface area contributed by atoms with Crippen LogP contribution >= 0.6 is 23.8 Å². The van der Waals surface area contributed by atoms with Gasteiger partial charge in [-0.3, -0.25) is 4.79 Å². The number of hydrogen-bond acceptors (Lipinski definition) is 4. The van der Waals surface area contributed by atoms with Gasteiger partial charge in [0.15, 0.2) is 0 Å². The molecule has 2 rings (SSSR count). The molecular formula is C14H11ClN2O3S. The lowest BCUT2D eigenvalue weighted by molar-refractivity contribution is 0.102. The summed E-state index contributed by atoms with van der Waals surface area (Å²) in [6.07, 6.45) is 0. The number of halogens is 1. The average Bonchev–Trinajstić information content (AvgIpc) is 2.41. The minimum Gasteiger partial charge on any atom is -0.508 e. The van der Waals surface area contributed by atoms with Crippen LogP contribution in [0.4, 0.5) is 5.69 Å². The van der Waals surface area contributed by atoms with Crippen molar-refractivity contribution in [3.8, 4) is 11.5 Å². The molecule has 5 nitrogen and oxygen atoms in total. The molecule has 0 bridgehead atoms. The molecule has 0 aromatic heterocycles. The van der Waals surface area contributed by atoms with Crippen molar-refractivity contribution in [3.05, 3.63) is 52.5 Å². The highest BCUT2D eigenvalue weighted by molar-refractivity contribution is 7.80. The lowest BCUT2D eigenvalue weighted by Gasteiger charge is -2.11. The van der Waals surface area contributed by atoms with E-state index >= 15 is 0 Å². The molecule has 0 aliphatic carbocycles. The standard InChI is InChI=1S/C14H11ClN2O3S/c15-7-1-3-9(13(16)21)11(5-7)17-14(20)10-6-8(18)2-4-12(10)19/h1-6,18-19H,(H2,16,21)(H,17,20). The van der Waals surface area contributed by atoms with Gasteiger partial charge < -0.3 is 21.3 Å². The van der Waals surface area contributed by atoms with Gasteiger partial charge in [-0.25, -0.2) is 0 Å². The first-order valence-electron chi connectivity index (χ1n) is 5.81.